The lowest BCUT2D eigenvalue weighted by molar-refractivity contribution is 1.02. The third-order valence-electron chi connectivity index (χ3n) is 6.43. The smallest absolute Gasteiger partial charge is 0.145 e. The standard InChI is InChI=1S/C28H24N4/c1-17-11-12-22-23(13-17)21-10-6-9-20(4)27(21)32-15-25(30-28(22)32)24-14-31(16-29-24)26-18(2)7-5-8-19(26)3/h5-16H,1-4H3. The van der Waals surface area contributed by atoms with Crippen LogP contribution in [0.5, 0.6) is 0 Å². The van der Waals surface area contributed by atoms with Crippen molar-refractivity contribution in [2.75, 3.05) is 0 Å². The van der Waals surface area contributed by atoms with Gasteiger partial charge >= 0.3 is 0 Å². The molecule has 0 aliphatic carbocycles. The summed E-state index contributed by atoms with van der Waals surface area (Å²) in [4.78, 5) is 9.80. The van der Waals surface area contributed by atoms with E-state index in [9.17, 15) is 0 Å². The Kier molecular flexibility index (Phi) is 3.99. The maximum atomic E-state index is 5.07. The summed E-state index contributed by atoms with van der Waals surface area (Å²) in [6.45, 7) is 8.58. The third-order valence-corrected chi connectivity index (χ3v) is 6.43. The number of aromatic nitrogens is 4. The number of aryl methyl sites for hydroxylation is 4. The van der Waals surface area contributed by atoms with Gasteiger partial charge in [0.2, 0.25) is 0 Å². The molecule has 0 aliphatic heterocycles. The molecule has 0 atom stereocenters. The summed E-state index contributed by atoms with van der Waals surface area (Å²) >= 11 is 0. The molecule has 0 fully saturated rings. The molecular formula is C28H24N4. The molecule has 0 amide bonds. The predicted octanol–water partition coefficient (Wildman–Crippen LogP) is 6.73. The molecule has 0 N–H and O–H groups in total. The van der Waals surface area contributed by atoms with Gasteiger partial charge in [-0.25, -0.2) is 9.97 Å². The Morgan fingerprint density at radius 3 is 2.25 bits per heavy atom. The number of rotatable bonds is 2. The Balaban J connectivity index is 1.62. The highest BCUT2D eigenvalue weighted by molar-refractivity contribution is 6.12. The Morgan fingerprint density at radius 2 is 1.44 bits per heavy atom. The number of pyridine rings is 1. The van der Waals surface area contributed by atoms with E-state index in [1.165, 1.54) is 44.2 Å². The van der Waals surface area contributed by atoms with Crippen molar-refractivity contribution in [3.8, 4) is 17.1 Å². The first kappa shape index (κ1) is 18.8. The van der Waals surface area contributed by atoms with Gasteiger partial charge in [0, 0.05) is 23.2 Å². The summed E-state index contributed by atoms with van der Waals surface area (Å²) in [7, 11) is 0. The number of hydrogen-bond acceptors (Lipinski definition) is 2. The lowest BCUT2D eigenvalue weighted by Gasteiger charge is -2.10. The van der Waals surface area contributed by atoms with E-state index in [1.54, 1.807) is 0 Å². The first-order valence-corrected chi connectivity index (χ1v) is 10.9. The maximum absolute atomic E-state index is 5.07. The van der Waals surface area contributed by atoms with Crippen molar-refractivity contribution < 1.29 is 0 Å². The molecule has 32 heavy (non-hydrogen) atoms. The Hall–Kier alpha value is -3.92. The van der Waals surface area contributed by atoms with Gasteiger partial charge in [-0.2, -0.15) is 0 Å². The van der Waals surface area contributed by atoms with Gasteiger partial charge in [0.05, 0.1) is 17.5 Å². The minimum absolute atomic E-state index is 0.873. The fraction of sp³-hybridized carbons (Fsp3) is 0.143. The maximum Gasteiger partial charge on any atom is 0.145 e. The Labute approximate surface area is 186 Å². The minimum atomic E-state index is 0.873. The normalized spacial score (nSPS) is 11.8. The van der Waals surface area contributed by atoms with Crippen LogP contribution in [0.3, 0.4) is 0 Å². The van der Waals surface area contributed by atoms with Gasteiger partial charge in [0.15, 0.2) is 0 Å². The van der Waals surface area contributed by atoms with Crippen LogP contribution in [0.1, 0.15) is 22.3 Å². The number of benzene rings is 3. The molecule has 3 aromatic heterocycles. The van der Waals surface area contributed by atoms with Crippen LogP contribution in [-0.2, 0) is 0 Å². The van der Waals surface area contributed by atoms with Crippen LogP contribution >= 0.6 is 0 Å². The van der Waals surface area contributed by atoms with Gasteiger partial charge in [-0.3, -0.25) is 4.40 Å². The summed E-state index contributed by atoms with van der Waals surface area (Å²) in [5, 5.41) is 3.66. The zero-order valence-corrected chi connectivity index (χ0v) is 18.7. The van der Waals surface area contributed by atoms with Crippen molar-refractivity contribution in [2.24, 2.45) is 0 Å². The van der Waals surface area contributed by atoms with Gasteiger partial charge < -0.3 is 4.57 Å². The van der Waals surface area contributed by atoms with E-state index in [1.807, 2.05) is 6.33 Å². The number of nitrogens with zero attached hydrogens (tertiary/aromatic N) is 4. The highest BCUT2D eigenvalue weighted by Gasteiger charge is 2.16. The quantitative estimate of drug-likeness (QED) is 0.293. The highest BCUT2D eigenvalue weighted by atomic mass is 15.1. The molecule has 0 bridgehead atoms. The lowest BCUT2D eigenvalue weighted by Crippen LogP contribution is -1.96. The average molecular weight is 417 g/mol. The van der Waals surface area contributed by atoms with Crippen molar-refractivity contribution in [1.82, 2.24) is 18.9 Å². The number of para-hydroxylation sites is 2. The van der Waals surface area contributed by atoms with Crippen LogP contribution in [0, 0.1) is 27.7 Å². The topological polar surface area (TPSA) is 35.1 Å². The van der Waals surface area contributed by atoms with Crippen molar-refractivity contribution in [3.05, 3.63) is 95.6 Å². The Bertz CT molecular complexity index is 1650. The molecule has 0 unspecified atom stereocenters. The second kappa shape index (κ2) is 6.79. The fourth-order valence-corrected chi connectivity index (χ4v) is 4.93. The van der Waals surface area contributed by atoms with Crippen LogP contribution in [0.4, 0.5) is 0 Å². The van der Waals surface area contributed by atoms with E-state index >= 15 is 0 Å². The van der Waals surface area contributed by atoms with E-state index in [4.69, 9.17) is 9.97 Å². The second-order valence-electron chi connectivity index (χ2n) is 8.75. The van der Waals surface area contributed by atoms with E-state index < -0.39 is 0 Å². The molecule has 3 heterocycles. The van der Waals surface area contributed by atoms with E-state index in [0.717, 1.165) is 22.4 Å². The minimum Gasteiger partial charge on any atom is -0.305 e. The summed E-state index contributed by atoms with van der Waals surface area (Å²) in [6, 6.07) is 19.5. The number of fused-ring (bicyclic) bond motifs is 6. The SMILES string of the molecule is Cc1ccc2c(c1)c1cccc(C)c1n1cc(-c3cn(-c4c(C)cccc4C)cn3)nc21. The number of imidazole rings is 2. The van der Waals surface area contributed by atoms with Crippen LogP contribution in [-0.4, -0.2) is 18.9 Å². The van der Waals surface area contributed by atoms with Crippen LogP contribution < -0.4 is 0 Å². The molecule has 0 spiro atoms. The summed E-state index contributed by atoms with van der Waals surface area (Å²) in [5.74, 6) is 0. The highest BCUT2D eigenvalue weighted by Crippen LogP contribution is 2.33. The second-order valence-corrected chi connectivity index (χ2v) is 8.75. The number of hydrogen-bond donors (Lipinski definition) is 0. The average Bonchev–Trinajstić information content (AvgIpc) is 3.41. The molecule has 0 saturated heterocycles. The van der Waals surface area contributed by atoms with Crippen molar-refractivity contribution >= 4 is 27.3 Å². The van der Waals surface area contributed by atoms with Crippen LogP contribution in [0.2, 0.25) is 0 Å². The summed E-state index contributed by atoms with van der Waals surface area (Å²) in [5.41, 5.74) is 10.1. The molecule has 4 heteroatoms. The van der Waals surface area contributed by atoms with E-state index in [-0.39, 0.29) is 0 Å². The molecule has 0 saturated carbocycles. The molecule has 6 aromatic rings. The zero-order valence-electron chi connectivity index (χ0n) is 18.7. The fourth-order valence-electron chi connectivity index (χ4n) is 4.93. The molecule has 3 aromatic carbocycles. The third kappa shape index (κ3) is 2.69. The zero-order chi connectivity index (χ0) is 22.0. The van der Waals surface area contributed by atoms with Crippen molar-refractivity contribution in [3.63, 3.8) is 0 Å². The van der Waals surface area contributed by atoms with Gasteiger partial charge in [-0.1, -0.05) is 60.2 Å². The van der Waals surface area contributed by atoms with Crippen LogP contribution in [0.15, 0.2) is 73.3 Å². The molecule has 4 nitrogen and oxygen atoms in total. The largest absolute Gasteiger partial charge is 0.305 e. The molecular weight excluding hydrogens is 392 g/mol. The Morgan fingerprint density at radius 1 is 0.688 bits per heavy atom. The van der Waals surface area contributed by atoms with E-state index in [0.29, 0.717) is 0 Å². The van der Waals surface area contributed by atoms with Gasteiger partial charge in [0.25, 0.3) is 0 Å². The molecule has 0 radical (unpaired) electrons. The first-order chi connectivity index (χ1) is 15.5. The van der Waals surface area contributed by atoms with Gasteiger partial charge in [-0.05, 0) is 49.8 Å². The summed E-state index contributed by atoms with van der Waals surface area (Å²) < 4.78 is 4.34. The molecule has 6 rings (SSSR count). The van der Waals surface area contributed by atoms with E-state index in [2.05, 4.69) is 104 Å². The lowest BCUT2D eigenvalue weighted by atomic mass is 10.0. The van der Waals surface area contributed by atoms with Gasteiger partial charge in [-0.15, -0.1) is 0 Å². The monoisotopic (exact) mass is 416 g/mol. The van der Waals surface area contributed by atoms with Crippen molar-refractivity contribution in [2.45, 2.75) is 27.7 Å². The predicted molar refractivity (Wildman–Crippen MR) is 132 cm³/mol. The first-order valence-electron chi connectivity index (χ1n) is 10.9. The van der Waals surface area contributed by atoms with Gasteiger partial charge in [0.1, 0.15) is 17.0 Å². The summed E-state index contributed by atoms with van der Waals surface area (Å²) in [6.07, 6.45) is 6.10. The molecule has 0 aliphatic rings. The van der Waals surface area contributed by atoms with Crippen molar-refractivity contribution in [1.29, 1.82) is 0 Å². The molecule has 156 valence electrons. The van der Waals surface area contributed by atoms with Crippen LogP contribution in [0.25, 0.3) is 44.4 Å².